The predicted octanol–water partition coefficient (Wildman–Crippen LogP) is 8.06. The molecule has 7 nitrogen and oxygen atoms in total. The minimum atomic E-state index is 0. The molecule has 1 aromatic carbocycles. The fourth-order valence-corrected chi connectivity index (χ4v) is 6.43. The molecule has 0 radical (unpaired) electrons. The number of aryl methyl sites for hydroxylation is 1. The van der Waals surface area contributed by atoms with E-state index in [2.05, 4.69) is 75.4 Å². The first kappa shape index (κ1) is 31.4. The molecule has 5 heterocycles. The highest BCUT2D eigenvalue weighted by Gasteiger charge is 2.41. The number of carbonyl (C=O) groups is 1. The van der Waals surface area contributed by atoms with Crippen molar-refractivity contribution < 1.29 is 6.22 Å². The van der Waals surface area contributed by atoms with Crippen molar-refractivity contribution in [3.8, 4) is 11.1 Å². The van der Waals surface area contributed by atoms with Crippen LogP contribution in [0.25, 0.3) is 33.1 Å². The molecule has 6 rings (SSSR count). The summed E-state index contributed by atoms with van der Waals surface area (Å²) in [5.74, 6) is 0.880. The highest BCUT2D eigenvalue weighted by atomic mass is 16.2. The number of aromatic nitrogens is 4. The fraction of sp³-hybridized carbons (Fsp3) is 0.486. The molecule has 2 aliphatic rings. The number of fused-ring (bicyclic) bond motifs is 4. The first-order valence-corrected chi connectivity index (χ1v) is 15.8. The van der Waals surface area contributed by atoms with E-state index in [0.717, 1.165) is 70.6 Å². The molecule has 2 fully saturated rings. The highest BCUT2D eigenvalue weighted by Crippen LogP contribution is 2.34. The van der Waals surface area contributed by atoms with Crippen LogP contribution in [0.4, 0.5) is 0 Å². The van der Waals surface area contributed by atoms with Crippen molar-refractivity contribution in [2.75, 3.05) is 20.1 Å². The molecule has 4 aromatic rings. The summed E-state index contributed by atoms with van der Waals surface area (Å²) < 4.78 is 0. The maximum atomic E-state index is 13.4. The van der Waals surface area contributed by atoms with Crippen LogP contribution >= 0.6 is 0 Å². The Morgan fingerprint density at radius 2 is 1.76 bits per heavy atom. The lowest BCUT2D eigenvalue weighted by molar-refractivity contribution is 0.0472. The SMILES string of the molecule is C=CC(CCC)CCC.CC.Cc1ncnc2ccc(-c3c[nH]c4ncc(C(=O)N5C6CCC5CN(C)C6)cc34)cc12.[HH]. The number of rotatable bonds is 7. The lowest BCUT2D eigenvalue weighted by Crippen LogP contribution is -2.54. The molecule has 0 aliphatic carbocycles. The molecule has 226 valence electrons. The zero-order valence-corrected chi connectivity index (χ0v) is 26.4. The quantitative estimate of drug-likeness (QED) is 0.227. The van der Waals surface area contributed by atoms with Crippen molar-refractivity contribution in [1.82, 2.24) is 29.7 Å². The summed E-state index contributed by atoms with van der Waals surface area (Å²) in [6, 6.07) is 8.80. The van der Waals surface area contributed by atoms with Gasteiger partial charge in [0, 0.05) is 61.0 Å². The number of carbonyl (C=O) groups excluding carboxylic acids is 1. The number of hydrogen-bond acceptors (Lipinski definition) is 5. The summed E-state index contributed by atoms with van der Waals surface area (Å²) in [6.45, 7) is 16.1. The van der Waals surface area contributed by atoms with Gasteiger partial charge in [0.1, 0.15) is 12.0 Å². The van der Waals surface area contributed by atoms with Gasteiger partial charge < -0.3 is 14.8 Å². The Balaban J connectivity index is 0.000000367. The van der Waals surface area contributed by atoms with Crippen LogP contribution in [0.5, 0.6) is 0 Å². The van der Waals surface area contributed by atoms with Crippen molar-refractivity contribution in [3.63, 3.8) is 0 Å². The molecule has 3 aromatic heterocycles. The Bertz CT molecular complexity index is 1480. The number of pyridine rings is 1. The Morgan fingerprint density at radius 1 is 1.07 bits per heavy atom. The first-order valence-electron chi connectivity index (χ1n) is 15.8. The maximum absolute atomic E-state index is 13.4. The van der Waals surface area contributed by atoms with E-state index in [-0.39, 0.29) is 7.33 Å². The van der Waals surface area contributed by atoms with Crippen LogP contribution in [0.2, 0.25) is 0 Å². The number of amides is 1. The van der Waals surface area contributed by atoms with Gasteiger partial charge in [-0.3, -0.25) is 4.79 Å². The van der Waals surface area contributed by atoms with Gasteiger partial charge in [-0.05, 0) is 69.3 Å². The average molecular weight is 571 g/mol. The van der Waals surface area contributed by atoms with Crippen LogP contribution in [0.1, 0.15) is 83.7 Å². The van der Waals surface area contributed by atoms with Gasteiger partial charge in [-0.2, -0.15) is 0 Å². The van der Waals surface area contributed by atoms with Gasteiger partial charge in [-0.15, -0.1) is 6.58 Å². The van der Waals surface area contributed by atoms with Crippen LogP contribution in [0.3, 0.4) is 0 Å². The Morgan fingerprint density at radius 3 is 2.40 bits per heavy atom. The summed E-state index contributed by atoms with van der Waals surface area (Å²) >= 11 is 0. The van der Waals surface area contributed by atoms with Crippen LogP contribution < -0.4 is 0 Å². The van der Waals surface area contributed by atoms with Gasteiger partial charge in [0.05, 0.1) is 11.1 Å². The fourth-order valence-electron chi connectivity index (χ4n) is 6.43. The number of allylic oxidation sites excluding steroid dienone is 1. The van der Waals surface area contributed by atoms with Gasteiger partial charge in [0.2, 0.25) is 0 Å². The lowest BCUT2D eigenvalue weighted by atomic mass is 9.99. The number of H-pyrrole nitrogens is 1. The first-order chi connectivity index (χ1) is 20.4. The molecule has 0 saturated carbocycles. The third-order valence-corrected chi connectivity index (χ3v) is 8.48. The third kappa shape index (κ3) is 6.73. The summed E-state index contributed by atoms with van der Waals surface area (Å²) in [5.41, 5.74) is 5.41. The molecule has 1 N–H and O–H groups in total. The third-order valence-electron chi connectivity index (χ3n) is 8.48. The number of likely N-dealkylation sites (tertiary alicyclic amines) is 1. The van der Waals surface area contributed by atoms with Gasteiger partial charge in [0.15, 0.2) is 0 Å². The topological polar surface area (TPSA) is 78.0 Å². The largest absolute Gasteiger partial charge is 0.346 e. The molecule has 0 spiro atoms. The normalized spacial score (nSPS) is 18.0. The van der Waals surface area contributed by atoms with Crippen LogP contribution in [-0.2, 0) is 0 Å². The summed E-state index contributed by atoms with van der Waals surface area (Å²) in [7, 11) is 2.14. The number of nitrogens with one attached hydrogen (secondary N) is 1. The molecule has 2 bridgehead atoms. The highest BCUT2D eigenvalue weighted by molar-refractivity contribution is 6.02. The van der Waals surface area contributed by atoms with Gasteiger partial charge >= 0.3 is 0 Å². The second kappa shape index (κ2) is 14.5. The van der Waals surface area contributed by atoms with E-state index in [1.165, 1.54) is 25.7 Å². The van der Waals surface area contributed by atoms with E-state index in [1.54, 1.807) is 12.5 Å². The lowest BCUT2D eigenvalue weighted by Gasteiger charge is -2.39. The molecule has 2 aliphatic heterocycles. The maximum Gasteiger partial charge on any atom is 0.256 e. The summed E-state index contributed by atoms with van der Waals surface area (Å²) in [4.78, 5) is 34.4. The average Bonchev–Trinajstić information content (AvgIpc) is 3.56. The Kier molecular flexibility index (Phi) is 10.9. The van der Waals surface area contributed by atoms with Crippen molar-refractivity contribution in [1.29, 1.82) is 0 Å². The van der Waals surface area contributed by atoms with E-state index in [1.807, 2.05) is 39.1 Å². The van der Waals surface area contributed by atoms with Crippen molar-refractivity contribution in [2.45, 2.75) is 85.2 Å². The van der Waals surface area contributed by atoms with E-state index in [0.29, 0.717) is 17.6 Å². The number of piperazine rings is 1. The molecule has 42 heavy (non-hydrogen) atoms. The number of nitrogens with zero attached hydrogens (tertiary/aromatic N) is 5. The minimum Gasteiger partial charge on any atom is -0.346 e. The van der Waals surface area contributed by atoms with Gasteiger partial charge in [-0.1, -0.05) is 52.7 Å². The summed E-state index contributed by atoms with van der Waals surface area (Å²) in [6.07, 6.45) is 14.7. The smallest absolute Gasteiger partial charge is 0.256 e. The van der Waals surface area contributed by atoms with E-state index in [9.17, 15) is 4.79 Å². The Labute approximate surface area is 252 Å². The molecule has 7 heteroatoms. The van der Waals surface area contributed by atoms with E-state index >= 15 is 0 Å². The second-order valence-corrected chi connectivity index (χ2v) is 11.4. The predicted molar refractivity (Wildman–Crippen MR) is 177 cm³/mol. The Hall–Kier alpha value is -3.58. The van der Waals surface area contributed by atoms with E-state index in [4.69, 9.17) is 0 Å². The van der Waals surface area contributed by atoms with Gasteiger partial charge in [0.25, 0.3) is 5.91 Å². The van der Waals surface area contributed by atoms with Crippen LogP contribution in [0, 0.1) is 12.8 Å². The number of aromatic amines is 1. The standard InChI is InChI=1S/C24H24N6O.C9H18.C2H6.H2/c1-14-19-7-15(3-6-22(19)28-13-27-14)21-10-26-23-20(21)8-16(9-25-23)24(31)30-17-4-5-18(30)12-29(2)11-17;1-4-7-9(6-3)8-5-2;1-2;/h3,6-10,13,17-18H,4-5,11-12H2,1-2H3,(H,25,26);6,9H,3-5,7-8H2,1-2H3;1-2H3;1H. The van der Waals surface area contributed by atoms with Crippen LogP contribution in [-0.4, -0.2) is 67.9 Å². The molecule has 2 atom stereocenters. The zero-order valence-electron chi connectivity index (χ0n) is 26.4. The van der Waals surface area contributed by atoms with Gasteiger partial charge in [-0.25, -0.2) is 15.0 Å². The number of benzene rings is 1. The summed E-state index contributed by atoms with van der Waals surface area (Å²) in [5, 5.41) is 1.99. The molecule has 2 unspecified atom stereocenters. The second-order valence-electron chi connectivity index (χ2n) is 11.4. The van der Waals surface area contributed by atoms with Crippen molar-refractivity contribution in [2.24, 2.45) is 5.92 Å². The molecular weight excluding hydrogens is 520 g/mol. The minimum absolute atomic E-state index is 0. The van der Waals surface area contributed by atoms with Crippen molar-refractivity contribution in [3.05, 3.63) is 66.9 Å². The number of hydrogen-bond donors (Lipinski definition) is 1. The molecule has 1 amide bonds. The zero-order chi connectivity index (χ0) is 30.2. The van der Waals surface area contributed by atoms with Crippen LogP contribution in [0.15, 0.2) is 55.6 Å². The van der Waals surface area contributed by atoms with Crippen molar-refractivity contribution >= 4 is 27.8 Å². The van der Waals surface area contributed by atoms with E-state index < -0.39 is 0 Å². The number of likely N-dealkylation sites (N-methyl/N-ethyl adjacent to an activating group) is 1. The molecular formula is C35H50N6O. The molecule has 2 saturated heterocycles. The monoisotopic (exact) mass is 570 g/mol.